The van der Waals surface area contributed by atoms with Gasteiger partial charge in [-0.05, 0) is 80.1 Å². The van der Waals surface area contributed by atoms with Gasteiger partial charge < -0.3 is 19.8 Å². The summed E-state index contributed by atoms with van der Waals surface area (Å²) in [6.07, 6.45) is 6.16. The number of rotatable bonds is 5. The van der Waals surface area contributed by atoms with Crippen molar-refractivity contribution in [1.82, 2.24) is 9.88 Å². The fourth-order valence-electron chi connectivity index (χ4n) is 5.17. The zero-order chi connectivity index (χ0) is 26.2. The summed E-state index contributed by atoms with van der Waals surface area (Å²) in [5.74, 6) is 0.793. The Morgan fingerprint density at radius 2 is 1.84 bits per heavy atom. The van der Waals surface area contributed by atoms with Crippen molar-refractivity contribution in [3.63, 3.8) is 0 Å². The van der Waals surface area contributed by atoms with Crippen molar-refractivity contribution >= 4 is 28.8 Å². The molecule has 7 heteroatoms. The van der Waals surface area contributed by atoms with E-state index in [-0.39, 0.29) is 0 Å². The Labute approximate surface area is 228 Å². The van der Waals surface area contributed by atoms with Crippen molar-refractivity contribution in [3.8, 4) is 5.75 Å². The number of hydrogen-bond acceptors (Lipinski definition) is 5. The van der Waals surface area contributed by atoms with E-state index < -0.39 is 11.2 Å². The van der Waals surface area contributed by atoms with Crippen LogP contribution >= 0.6 is 23.2 Å². The van der Waals surface area contributed by atoms with Gasteiger partial charge in [-0.2, -0.15) is 0 Å². The Balaban J connectivity index is 1.34. The molecule has 37 heavy (non-hydrogen) atoms. The van der Waals surface area contributed by atoms with Crippen molar-refractivity contribution in [3.05, 3.63) is 98.8 Å². The number of hydrogen-bond donors (Lipinski definition) is 2. The van der Waals surface area contributed by atoms with E-state index in [4.69, 9.17) is 27.9 Å². The molecule has 0 radical (unpaired) electrons. The lowest BCUT2D eigenvalue weighted by atomic mass is 9.84. The van der Waals surface area contributed by atoms with E-state index in [1.54, 1.807) is 32.2 Å². The number of nitrogens with zero attached hydrogens (tertiary/aromatic N) is 2. The SMILES string of the molecule is CC(C)(O)c1ccc2c(c1)/C(=C\CCN1CCC(O)(c3ccc(Cl)c(Cl)c3)CC1)c1cccnc1CO2. The van der Waals surface area contributed by atoms with E-state index in [1.165, 1.54) is 0 Å². The number of aliphatic hydroxyl groups is 2. The number of pyridine rings is 1. The van der Waals surface area contributed by atoms with Crippen LogP contribution in [-0.4, -0.2) is 39.7 Å². The molecule has 2 aliphatic rings. The highest BCUT2D eigenvalue weighted by Gasteiger charge is 2.34. The monoisotopic (exact) mass is 538 g/mol. The van der Waals surface area contributed by atoms with Gasteiger partial charge in [-0.3, -0.25) is 4.98 Å². The standard InChI is InChI=1S/C30H32Cl2N2O3/c1-29(2,35)20-8-10-28-24(17-20)22(23-5-3-13-33-27(23)19-37-28)6-4-14-34-15-11-30(36,12-16-34)21-7-9-25(31)26(32)18-21/h3,5-10,13,17-18,35-36H,4,11-12,14-16,19H2,1-2H3/b22-6-. The van der Waals surface area contributed by atoms with Crippen LogP contribution in [0.1, 0.15) is 61.1 Å². The summed E-state index contributed by atoms with van der Waals surface area (Å²) in [5, 5.41) is 22.9. The zero-order valence-electron chi connectivity index (χ0n) is 21.2. The zero-order valence-corrected chi connectivity index (χ0v) is 22.7. The Morgan fingerprint density at radius 3 is 2.57 bits per heavy atom. The van der Waals surface area contributed by atoms with Gasteiger partial charge in [0.2, 0.25) is 0 Å². The third-order valence-corrected chi connectivity index (χ3v) is 8.19. The van der Waals surface area contributed by atoms with E-state index in [2.05, 4.69) is 22.0 Å². The first kappa shape index (κ1) is 26.2. The smallest absolute Gasteiger partial charge is 0.131 e. The average Bonchev–Trinajstić information content (AvgIpc) is 3.03. The van der Waals surface area contributed by atoms with Crippen LogP contribution in [0.2, 0.25) is 10.0 Å². The maximum atomic E-state index is 11.3. The van der Waals surface area contributed by atoms with Gasteiger partial charge in [-0.1, -0.05) is 47.5 Å². The highest BCUT2D eigenvalue weighted by molar-refractivity contribution is 6.42. The molecule has 5 rings (SSSR count). The third kappa shape index (κ3) is 5.57. The predicted molar refractivity (Wildman–Crippen MR) is 148 cm³/mol. The summed E-state index contributed by atoms with van der Waals surface area (Å²) < 4.78 is 6.11. The molecule has 2 aromatic carbocycles. The Morgan fingerprint density at radius 1 is 1.05 bits per heavy atom. The van der Waals surface area contributed by atoms with Gasteiger partial charge in [-0.15, -0.1) is 0 Å². The minimum atomic E-state index is -0.955. The number of ether oxygens (including phenoxy) is 1. The van der Waals surface area contributed by atoms with Crippen molar-refractivity contribution in [2.75, 3.05) is 19.6 Å². The van der Waals surface area contributed by atoms with Crippen molar-refractivity contribution < 1.29 is 14.9 Å². The summed E-state index contributed by atoms with van der Waals surface area (Å²) in [4.78, 5) is 6.95. The Hall–Kier alpha value is -2.41. The van der Waals surface area contributed by atoms with Crippen LogP contribution in [0.5, 0.6) is 5.75 Å². The summed E-state index contributed by atoms with van der Waals surface area (Å²) in [6.45, 7) is 6.45. The first-order valence-corrected chi connectivity index (χ1v) is 13.4. The highest BCUT2D eigenvalue weighted by Crippen LogP contribution is 2.39. The van der Waals surface area contributed by atoms with Crippen LogP contribution in [0.15, 0.2) is 60.8 Å². The minimum absolute atomic E-state index is 0.405. The molecule has 0 aliphatic carbocycles. The van der Waals surface area contributed by atoms with Gasteiger partial charge in [0.05, 0.1) is 26.9 Å². The van der Waals surface area contributed by atoms with Crippen molar-refractivity contribution in [2.45, 2.75) is 50.9 Å². The summed E-state index contributed by atoms with van der Waals surface area (Å²) in [6, 6.07) is 15.3. The number of piperidine rings is 1. The van der Waals surface area contributed by atoms with Crippen molar-refractivity contribution in [2.24, 2.45) is 0 Å². The van der Waals surface area contributed by atoms with Gasteiger partial charge in [0, 0.05) is 37.0 Å². The quantitative estimate of drug-likeness (QED) is 0.398. The van der Waals surface area contributed by atoms with E-state index in [0.717, 1.165) is 65.3 Å². The van der Waals surface area contributed by atoms with Crippen LogP contribution < -0.4 is 4.74 Å². The third-order valence-electron chi connectivity index (χ3n) is 7.45. The fourth-order valence-corrected chi connectivity index (χ4v) is 5.47. The molecule has 1 saturated heterocycles. The molecule has 3 heterocycles. The maximum absolute atomic E-state index is 11.3. The molecule has 0 unspecified atom stereocenters. The second kappa shape index (κ2) is 10.4. The molecular weight excluding hydrogens is 507 g/mol. The first-order chi connectivity index (χ1) is 17.6. The van der Waals surface area contributed by atoms with E-state index >= 15 is 0 Å². The summed E-state index contributed by atoms with van der Waals surface area (Å²) in [7, 11) is 0. The van der Waals surface area contributed by atoms with Gasteiger partial charge >= 0.3 is 0 Å². The highest BCUT2D eigenvalue weighted by atomic mass is 35.5. The molecule has 1 aromatic heterocycles. The normalized spacial score (nSPS) is 18.6. The van der Waals surface area contributed by atoms with Gasteiger partial charge in [0.25, 0.3) is 0 Å². The van der Waals surface area contributed by atoms with E-state index in [9.17, 15) is 10.2 Å². The average molecular weight is 540 g/mol. The minimum Gasteiger partial charge on any atom is -0.487 e. The van der Waals surface area contributed by atoms with Crippen LogP contribution in [0, 0.1) is 0 Å². The van der Waals surface area contributed by atoms with Crippen molar-refractivity contribution in [1.29, 1.82) is 0 Å². The van der Waals surface area contributed by atoms with Crippen LogP contribution in [0.3, 0.4) is 0 Å². The van der Waals surface area contributed by atoms with Crippen LogP contribution in [0.25, 0.3) is 5.57 Å². The van der Waals surface area contributed by atoms with Gasteiger partial charge in [0.15, 0.2) is 0 Å². The Bertz CT molecular complexity index is 1320. The number of fused-ring (bicyclic) bond motifs is 2. The second-order valence-corrected chi connectivity index (χ2v) is 11.3. The van der Waals surface area contributed by atoms with Crippen LogP contribution in [-0.2, 0) is 17.8 Å². The molecule has 3 aromatic rings. The predicted octanol–water partition coefficient (Wildman–Crippen LogP) is 6.31. The molecule has 2 aliphatic heterocycles. The number of benzene rings is 2. The van der Waals surface area contributed by atoms with Crippen LogP contribution in [0.4, 0.5) is 0 Å². The number of aromatic nitrogens is 1. The molecular formula is C30H32Cl2N2O3. The molecule has 0 atom stereocenters. The molecule has 0 saturated carbocycles. The van der Waals surface area contributed by atoms with Gasteiger partial charge in [-0.25, -0.2) is 0 Å². The summed E-state index contributed by atoms with van der Waals surface area (Å²) in [5.41, 5.74) is 3.82. The molecule has 0 amide bonds. The topological polar surface area (TPSA) is 65.8 Å². The lowest BCUT2D eigenvalue weighted by molar-refractivity contribution is -0.0254. The summed E-state index contributed by atoms with van der Waals surface area (Å²) >= 11 is 12.3. The molecule has 2 N–H and O–H groups in total. The molecule has 5 nitrogen and oxygen atoms in total. The number of halogens is 2. The molecule has 1 fully saturated rings. The first-order valence-electron chi connectivity index (χ1n) is 12.7. The lowest BCUT2D eigenvalue weighted by Gasteiger charge is -2.38. The Kier molecular flexibility index (Phi) is 7.36. The van der Waals surface area contributed by atoms with E-state index in [1.807, 2.05) is 30.3 Å². The molecule has 0 bridgehead atoms. The second-order valence-electron chi connectivity index (χ2n) is 10.5. The molecule has 0 spiro atoms. The fraction of sp³-hybridized carbons (Fsp3) is 0.367. The largest absolute Gasteiger partial charge is 0.487 e. The van der Waals surface area contributed by atoms with Gasteiger partial charge in [0.1, 0.15) is 12.4 Å². The number of likely N-dealkylation sites (tertiary alicyclic amines) is 1. The molecule has 194 valence electrons. The lowest BCUT2D eigenvalue weighted by Crippen LogP contribution is -2.42. The van der Waals surface area contributed by atoms with E-state index in [0.29, 0.717) is 29.5 Å². The maximum Gasteiger partial charge on any atom is 0.131 e.